The van der Waals surface area contributed by atoms with Crippen molar-refractivity contribution in [2.75, 3.05) is 20.2 Å². The maximum atomic E-state index is 5.29. The Morgan fingerprint density at radius 1 is 1.56 bits per heavy atom. The molecule has 0 aromatic rings. The maximum absolute atomic E-state index is 5.29. The molecule has 0 heterocycles. The molecule has 0 aliphatic rings. The fourth-order valence-electron chi connectivity index (χ4n) is 0.240. The summed E-state index contributed by atoms with van der Waals surface area (Å²) in [5, 5.41) is 0. The molecule has 2 nitrogen and oxygen atoms in total. The molecule has 1 atom stereocenters. The Bertz CT molecular complexity index is 59.0. The van der Waals surface area contributed by atoms with Gasteiger partial charge in [-0.25, -0.2) is 0 Å². The highest BCUT2D eigenvalue weighted by Crippen LogP contribution is 1.93. The summed E-state index contributed by atoms with van der Waals surface area (Å²) in [5.41, 5.74) is 0. The Hall–Kier alpha value is 0.210. The van der Waals surface area contributed by atoms with E-state index in [0.29, 0.717) is 0 Å². The van der Waals surface area contributed by atoms with Crippen molar-refractivity contribution in [3.05, 3.63) is 0 Å². The normalized spacial score (nSPS) is 13.0. The second-order valence-electron chi connectivity index (χ2n) is 1.84. The van der Waals surface area contributed by atoms with Crippen LogP contribution in [0, 0.1) is 0 Å². The van der Waals surface area contributed by atoms with Crippen LogP contribution >= 0.6 is 11.6 Å². The monoisotopic (exact) mass is 153 g/mol. The fourth-order valence-corrected chi connectivity index (χ4v) is 0.423. The largest absolute Gasteiger partial charge is 0.348 e. The lowest BCUT2D eigenvalue weighted by Gasteiger charge is -2.17. The number of halogens is 1. The maximum Gasteiger partial charge on any atom is 0.122 e. The quantitative estimate of drug-likeness (QED) is 0.453. The highest BCUT2D eigenvalue weighted by atomic mass is 35.5. The van der Waals surface area contributed by atoms with Crippen LogP contribution in [-0.4, -0.2) is 31.3 Å². The SMILES string of the molecule is C.CC(OCCl)N(C)C. The van der Waals surface area contributed by atoms with Crippen LogP contribution in [0.3, 0.4) is 0 Å². The van der Waals surface area contributed by atoms with Crippen molar-refractivity contribution in [1.82, 2.24) is 4.90 Å². The summed E-state index contributed by atoms with van der Waals surface area (Å²) in [7, 11) is 3.88. The van der Waals surface area contributed by atoms with Gasteiger partial charge < -0.3 is 4.74 Å². The summed E-state index contributed by atoms with van der Waals surface area (Å²) in [6.45, 7) is 1.95. The van der Waals surface area contributed by atoms with Gasteiger partial charge in [-0.05, 0) is 21.0 Å². The highest BCUT2D eigenvalue weighted by molar-refractivity contribution is 6.17. The van der Waals surface area contributed by atoms with E-state index in [4.69, 9.17) is 16.3 Å². The molecular formula is C6H16ClNO. The summed E-state index contributed by atoms with van der Waals surface area (Å²) >= 11 is 5.29. The second-order valence-corrected chi connectivity index (χ2v) is 2.06. The molecule has 0 radical (unpaired) electrons. The Balaban J connectivity index is 0. The molecule has 0 saturated heterocycles. The molecule has 0 aliphatic carbocycles. The van der Waals surface area contributed by atoms with E-state index in [1.165, 1.54) is 0 Å². The van der Waals surface area contributed by atoms with Crippen LogP contribution in [0.2, 0.25) is 0 Å². The molecule has 0 N–H and O–H groups in total. The van der Waals surface area contributed by atoms with Crippen molar-refractivity contribution >= 4 is 11.6 Å². The summed E-state index contributed by atoms with van der Waals surface area (Å²) in [5.74, 6) is 0. The first-order valence-corrected chi connectivity index (χ1v) is 3.06. The summed E-state index contributed by atoms with van der Waals surface area (Å²) in [4.78, 5) is 1.95. The average Bonchev–Trinajstić information content (AvgIpc) is 1.67. The molecule has 0 fully saturated rings. The van der Waals surface area contributed by atoms with Gasteiger partial charge in [-0.2, -0.15) is 0 Å². The van der Waals surface area contributed by atoms with Gasteiger partial charge in [-0.3, -0.25) is 4.90 Å². The van der Waals surface area contributed by atoms with E-state index < -0.39 is 0 Å². The number of nitrogens with zero attached hydrogens (tertiary/aromatic N) is 1. The summed E-state index contributed by atoms with van der Waals surface area (Å²) in [6, 6.07) is 0.263. The first-order valence-electron chi connectivity index (χ1n) is 2.52. The van der Waals surface area contributed by atoms with Crippen LogP contribution in [0.4, 0.5) is 0 Å². The zero-order chi connectivity index (χ0) is 6.57. The predicted molar refractivity (Wildman–Crippen MR) is 41.7 cm³/mol. The van der Waals surface area contributed by atoms with Crippen LogP contribution in [0.1, 0.15) is 14.4 Å². The van der Waals surface area contributed by atoms with Crippen LogP contribution < -0.4 is 0 Å². The standard InChI is InChI=1S/C5H12ClNO.CH4/c1-5(7(2)3)8-4-6;/h5H,4H2,1-3H3;1H4. The van der Waals surface area contributed by atoms with Gasteiger partial charge in [0, 0.05) is 0 Å². The van der Waals surface area contributed by atoms with Gasteiger partial charge in [0.05, 0.1) is 0 Å². The molecule has 0 bridgehead atoms. The Labute approximate surface area is 62.7 Å². The fraction of sp³-hybridized carbons (Fsp3) is 1.00. The number of ether oxygens (including phenoxy) is 1. The van der Waals surface area contributed by atoms with Crippen molar-refractivity contribution in [1.29, 1.82) is 0 Å². The molecule has 0 spiro atoms. The van der Waals surface area contributed by atoms with Gasteiger partial charge in [-0.1, -0.05) is 19.0 Å². The molecule has 3 heteroatoms. The third-order valence-electron chi connectivity index (χ3n) is 1.03. The summed E-state index contributed by atoms with van der Waals surface area (Å²) in [6.07, 6.45) is 0.118. The molecule has 0 rings (SSSR count). The highest BCUT2D eigenvalue weighted by Gasteiger charge is 2.00. The first kappa shape index (κ1) is 11.9. The minimum absolute atomic E-state index is 0. The van der Waals surface area contributed by atoms with Gasteiger partial charge in [0.1, 0.15) is 12.3 Å². The van der Waals surface area contributed by atoms with E-state index in [9.17, 15) is 0 Å². The van der Waals surface area contributed by atoms with Gasteiger partial charge in [0.15, 0.2) is 0 Å². The van der Waals surface area contributed by atoms with Gasteiger partial charge in [-0.15, -0.1) is 0 Å². The molecule has 9 heavy (non-hydrogen) atoms. The zero-order valence-electron chi connectivity index (χ0n) is 5.52. The molecular weight excluding hydrogens is 138 g/mol. The van der Waals surface area contributed by atoms with Crippen LogP contribution in [0.5, 0.6) is 0 Å². The minimum Gasteiger partial charge on any atom is -0.348 e. The number of rotatable bonds is 3. The van der Waals surface area contributed by atoms with Crippen LogP contribution in [0.15, 0.2) is 0 Å². The smallest absolute Gasteiger partial charge is 0.122 e. The van der Waals surface area contributed by atoms with E-state index in [-0.39, 0.29) is 19.7 Å². The van der Waals surface area contributed by atoms with E-state index in [1.54, 1.807) is 0 Å². The van der Waals surface area contributed by atoms with Crippen LogP contribution in [-0.2, 0) is 4.74 Å². The van der Waals surface area contributed by atoms with E-state index in [2.05, 4.69) is 0 Å². The molecule has 1 unspecified atom stereocenters. The molecule has 58 valence electrons. The van der Waals surface area contributed by atoms with Crippen molar-refractivity contribution in [2.45, 2.75) is 20.6 Å². The first-order chi connectivity index (χ1) is 3.68. The lowest BCUT2D eigenvalue weighted by Crippen LogP contribution is -2.26. The number of alkyl halides is 1. The van der Waals surface area contributed by atoms with Crippen molar-refractivity contribution in [2.24, 2.45) is 0 Å². The molecule has 0 saturated carbocycles. The molecule has 0 amide bonds. The third-order valence-corrected chi connectivity index (χ3v) is 1.16. The van der Waals surface area contributed by atoms with Crippen molar-refractivity contribution in [3.8, 4) is 0 Å². The molecule has 0 aliphatic heterocycles. The number of hydrogen-bond donors (Lipinski definition) is 0. The summed E-state index contributed by atoms with van der Waals surface area (Å²) < 4.78 is 4.99. The Kier molecular flexibility index (Phi) is 8.40. The Morgan fingerprint density at radius 3 is 2.11 bits per heavy atom. The topological polar surface area (TPSA) is 12.5 Å². The predicted octanol–water partition coefficient (Wildman–Crippen LogP) is 1.74. The Morgan fingerprint density at radius 2 is 2.00 bits per heavy atom. The van der Waals surface area contributed by atoms with E-state index >= 15 is 0 Å². The minimum atomic E-state index is 0. The second kappa shape index (κ2) is 6.33. The van der Waals surface area contributed by atoms with Gasteiger partial charge in [0.25, 0.3) is 0 Å². The average molecular weight is 154 g/mol. The van der Waals surface area contributed by atoms with Crippen LogP contribution in [0.25, 0.3) is 0 Å². The van der Waals surface area contributed by atoms with E-state index in [0.717, 1.165) is 0 Å². The van der Waals surface area contributed by atoms with Gasteiger partial charge in [0.2, 0.25) is 0 Å². The molecule has 0 aromatic heterocycles. The van der Waals surface area contributed by atoms with Gasteiger partial charge >= 0.3 is 0 Å². The lowest BCUT2D eigenvalue weighted by molar-refractivity contribution is 0.000781. The number of hydrogen-bond acceptors (Lipinski definition) is 2. The molecule has 0 aromatic carbocycles. The van der Waals surface area contributed by atoms with Crippen molar-refractivity contribution < 1.29 is 4.74 Å². The van der Waals surface area contributed by atoms with Crippen molar-refractivity contribution in [3.63, 3.8) is 0 Å². The third kappa shape index (κ3) is 6.09. The lowest BCUT2D eigenvalue weighted by atomic mass is 10.6. The zero-order valence-corrected chi connectivity index (χ0v) is 6.27. The van der Waals surface area contributed by atoms with E-state index in [1.807, 2.05) is 25.9 Å².